The molecule has 1 saturated heterocycles. The zero-order valence-corrected chi connectivity index (χ0v) is 11.5. The molecule has 0 radical (unpaired) electrons. The third kappa shape index (κ3) is 3.55. The van der Waals surface area contributed by atoms with Gasteiger partial charge in [-0.1, -0.05) is 17.7 Å². The van der Waals surface area contributed by atoms with Crippen molar-refractivity contribution in [2.45, 2.75) is 32.3 Å². The van der Waals surface area contributed by atoms with Crippen LogP contribution >= 0.6 is 0 Å². The number of nitrogens with zero attached hydrogens (tertiary/aromatic N) is 1. The fourth-order valence-electron chi connectivity index (χ4n) is 2.29. The Morgan fingerprint density at radius 1 is 1.42 bits per heavy atom. The minimum absolute atomic E-state index is 0.0646. The molecule has 1 aromatic rings. The zero-order valence-electron chi connectivity index (χ0n) is 11.5. The molecule has 1 aliphatic heterocycles. The molecule has 0 aliphatic carbocycles. The lowest BCUT2D eigenvalue weighted by atomic mass is 10.1. The molecule has 0 aromatic heterocycles. The maximum atomic E-state index is 12.5. The number of amides is 1. The third-order valence-corrected chi connectivity index (χ3v) is 3.40. The molecule has 4 heteroatoms. The van der Waals surface area contributed by atoms with Gasteiger partial charge in [-0.05, 0) is 44.9 Å². The Morgan fingerprint density at radius 3 is 2.74 bits per heavy atom. The van der Waals surface area contributed by atoms with Crippen molar-refractivity contribution >= 4 is 11.6 Å². The van der Waals surface area contributed by atoms with Crippen LogP contribution in [0.25, 0.3) is 0 Å². The standard InChI is InChI=1S/C15H22N2O2/c1-12-5-7-13(8-6-12)17(10-3-9-16)15(18)14-4-2-11-19-14/h5-8,14H,2-4,9-11,16H2,1H3. The van der Waals surface area contributed by atoms with Gasteiger partial charge in [0, 0.05) is 18.8 Å². The maximum absolute atomic E-state index is 12.5. The van der Waals surface area contributed by atoms with E-state index in [1.165, 1.54) is 5.56 Å². The van der Waals surface area contributed by atoms with Gasteiger partial charge < -0.3 is 15.4 Å². The van der Waals surface area contributed by atoms with Crippen LogP contribution in [-0.4, -0.2) is 31.7 Å². The molecule has 19 heavy (non-hydrogen) atoms. The van der Waals surface area contributed by atoms with Crippen molar-refractivity contribution in [1.29, 1.82) is 0 Å². The Morgan fingerprint density at radius 2 is 2.16 bits per heavy atom. The van der Waals surface area contributed by atoms with E-state index in [0.29, 0.717) is 19.7 Å². The summed E-state index contributed by atoms with van der Waals surface area (Å²) in [5.41, 5.74) is 7.68. The number of nitrogens with two attached hydrogens (primary N) is 1. The van der Waals surface area contributed by atoms with Crippen LogP contribution in [0.3, 0.4) is 0 Å². The van der Waals surface area contributed by atoms with E-state index in [9.17, 15) is 4.79 Å². The normalized spacial score (nSPS) is 18.5. The van der Waals surface area contributed by atoms with Gasteiger partial charge in [0.15, 0.2) is 0 Å². The van der Waals surface area contributed by atoms with Gasteiger partial charge in [-0.15, -0.1) is 0 Å². The number of hydrogen-bond acceptors (Lipinski definition) is 3. The Bertz CT molecular complexity index is 411. The Kier molecular flexibility index (Phi) is 4.93. The largest absolute Gasteiger partial charge is 0.368 e. The number of hydrogen-bond donors (Lipinski definition) is 1. The van der Waals surface area contributed by atoms with Crippen molar-refractivity contribution in [2.24, 2.45) is 5.73 Å². The minimum atomic E-state index is -0.279. The number of carbonyl (C=O) groups excluding carboxylic acids is 1. The number of aryl methyl sites for hydroxylation is 1. The molecule has 1 aromatic carbocycles. The summed E-state index contributed by atoms with van der Waals surface area (Å²) in [6, 6.07) is 8.01. The van der Waals surface area contributed by atoms with Gasteiger partial charge in [-0.3, -0.25) is 4.79 Å². The van der Waals surface area contributed by atoms with Crippen molar-refractivity contribution in [3.8, 4) is 0 Å². The van der Waals surface area contributed by atoms with E-state index in [2.05, 4.69) is 0 Å². The van der Waals surface area contributed by atoms with Gasteiger partial charge in [0.2, 0.25) is 0 Å². The molecule has 1 aliphatic rings. The van der Waals surface area contributed by atoms with E-state index in [1.54, 1.807) is 0 Å². The van der Waals surface area contributed by atoms with Gasteiger partial charge in [0.05, 0.1) is 0 Å². The van der Waals surface area contributed by atoms with Crippen LogP contribution in [0.15, 0.2) is 24.3 Å². The molecule has 4 nitrogen and oxygen atoms in total. The van der Waals surface area contributed by atoms with Gasteiger partial charge in [-0.25, -0.2) is 0 Å². The molecule has 0 saturated carbocycles. The molecule has 0 bridgehead atoms. The maximum Gasteiger partial charge on any atom is 0.256 e. The molecule has 1 atom stereocenters. The predicted molar refractivity (Wildman–Crippen MR) is 76.2 cm³/mol. The van der Waals surface area contributed by atoms with Crippen LogP contribution in [0.2, 0.25) is 0 Å². The number of rotatable bonds is 5. The fourth-order valence-corrected chi connectivity index (χ4v) is 2.29. The third-order valence-electron chi connectivity index (χ3n) is 3.40. The predicted octanol–water partition coefficient (Wildman–Crippen LogP) is 1.86. The van der Waals surface area contributed by atoms with Crippen LogP contribution in [0.4, 0.5) is 5.69 Å². The number of ether oxygens (including phenoxy) is 1. The van der Waals surface area contributed by atoms with Crippen LogP contribution in [0, 0.1) is 6.92 Å². The van der Waals surface area contributed by atoms with Crippen molar-refractivity contribution in [1.82, 2.24) is 0 Å². The van der Waals surface area contributed by atoms with Gasteiger partial charge in [0.25, 0.3) is 5.91 Å². The Hall–Kier alpha value is -1.39. The van der Waals surface area contributed by atoms with Gasteiger partial charge >= 0.3 is 0 Å². The van der Waals surface area contributed by atoms with Crippen LogP contribution < -0.4 is 10.6 Å². The van der Waals surface area contributed by atoms with E-state index in [-0.39, 0.29) is 12.0 Å². The summed E-state index contributed by atoms with van der Waals surface area (Å²) in [5, 5.41) is 0. The molecule has 1 unspecified atom stereocenters. The minimum Gasteiger partial charge on any atom is -0.368 e. The first-order valence-electron chi connectivity index (χ1n) is 6.92. The summed E-state index contributed by atoms with van der Waals surface area (Å²) in [5.74, 6) is 0.0646. The highest BCUT2D eigenvalue weighted by Crippen LogP contribution is 2.21. The van der Waals surface area contributed by atoms with Gasteiger partial charge in [0.1, 0.15) is 6.10 Å². The summed E-state index contributed by atoms with van der Waals surface area (Å²) in [6.07, 6.45) is 2.31. The van der Waals surface area contributed by atoms with Crippen LogP contribution in [-0.2, 0) is 9.53 Å². The summed E-state index contributed by atoms with van der Waals surface area (Å²) >= 11 is 0. The van der Waals surface area contributed by atoms with Gasteiger partial charge in [-0.2, -0.15) is 0 Å². The highest BCUT2D eigenvalue weighted by atomic mass is 16.5. The highest BCUT2D eigenvalue weighted by molar-refractivity contribution is 5.96. The second kappa shape index (κ2) is 6.68. The molecule has 2 rings (SSSR count). The van der Waals surface area contributed by atoms with E-state index >= 15 is 0 Å². The molecule has 104 valence electrons. The molecular weight excluding hydrogens is 240 g/mol. The first kappa shape index (κ1) is 14.0. The number of carbonyl (C=O) groups is 1. The van der Waals surface area contributed by atoms with E-state index in [0.717, 1.165) is 24.9 Å². The number of benzene rings is 1. The van der Waals surface area contributed by atoms with Crippen molar-refractivity contribution < 1.29 is 9.53 Å². The summed E-state index contributed by atoms with van der Waals surface area (Å²) in [6.45, 7) is 3.96. The lowest BCUT2D eigenvalue weighted by Crippen LogP contribution is -2.40. The lowest BCUT2D eigenvalue weighted by Gasteiger charge is -2.25. The smallest absolute Gasteiger partial charge is 0.256 e. The molecular formula is C15H22N2O2. The zero-order chi connectivity index (χ0) is 13.7. The fraction of sp³-hybridized carbons (Fsp3) is 0.533. The summed E-state index contributed by atoms with van der Waals surface area (Å²) in [4.78, 5) is 14.3. The Labute approximate surface area is 114 Å². The van der Waals surface area contributed by atoms with Crippen molar-refractivity contribution in [3.05, 3.63) is 29.8 Å². The van der Waals surface area contributed by atoms with E-state index in [4.69, 9.17) is 10.5 Å². The molecule has 1 heterocycles. The monoisotopic (exact) mass is 262 g/mol. The topological polar surface area (TPSA) is 55.6 Å². The molecule has 2 N–H and O–H groups in total. The van der Waals surface area contributed by atoms with Crippen LogP contribution in [0.5, 0.6) is 0 Å². The average Bonchev–Trinajstić information content (AvgIpc) is 2.95. The van der Waals surface area contributed by atoms with Crippen molar-refractivity contribution in [2.75, 3.05) is 24.6 Å². The first-order valence-corrected chi connectivity index (χ1v) is 6.92. The lowest BCUT2D eigenvalue weighted by molar-refractivity contribution is -0.127. The first-order chi connectivity index (χ1) is 9.22. The second-order valence-electron chi connectivity index (χ2n) is 4.97. The van der Waals surface area contributed by atoms with Crippen molar-refractivity contribution in [3.63, 3.8) is 0 Å². The average molecular weight is 262 g/mol. The van der Waals surface area contributed by atoms with E-state index < -0.39 is 0 Å². The Balaban J connectivity index is 2.14. The summed E-state index contributed by atoms with van der Waals surface area (Å²) in [7, 11) is 0. The van der Waals surface area contributed by atoms with E-state index in [1.807, 2.05) is 36.1 Å². The molecule has 1 fully saturated rings. The SMILES string of the molecule is Cc1ccc(N(CCCN)C(=O)C2CCCO2)cc1. The quantitative estimate of drug-likeness (QED) is 0.881. The summed E-state index contributed by atoms with van der Waals surface area (Å²) < 4.78 is 5.50. The molecule has 1 amide bonds. The highest BCUT2D eigenvalue weighted by Gasteiger charge is 2.28. The molecule has 0 spiro atoms. The van der Waals surface area contributed by atoms with Crippen LogP contribution in [0.1, 0.15) is 24.8 Å². The second-order valence-corrected chi connectivity index (χ2v) is 4.97. The number of anilines is 1.